The standard InChI is InChI=1S/C14H16Cl2N4O2/c1-20-5-4-17-7-11(20)14-18-13(22-19-14)8-21-12-6-9(15)2-3-10(12)16/h2-3,6,11,17H,4-5,7-8H2,1H3. The van der Waals surface area contributed by atoms with Gasteiger partial charge in [0.2, 0.25) is 0 Å². The smallest absolute Gasteiger partial charge is 0.264 e. The summed E-state index contributed by atoms with van der Waals surface area (Å²) in [6.07, 6.45) is 0. The Kier molecular flexibility index (Phi) is 4.83. The predicted octanol–water partition coefficient (Wildman–Crippen LogP) is 2.53. The van der Waals surface area contributed by atoms with Gasteiger partial charge in [0.25, 0.3) is 5.89 Å². The lowest BCUT2D eigenvalue weighted by Crippen LogP contribution is -2.44. The summed E-state index contributed by atoms with van der Waals surface area (Å²) < 4.78 is 10.8. The van der Waals surface area contributed by atoms with E-state index in [2.05, 4.69) is 20.4 Å². The highest BCUT2D eigenvalue weighted by Crippen LogP contribution is 2.28. The van der Waals surface area contributed by atoms with Crippen molar-refractivity contribution in [2.75, 3.05) is 26.7 Å². The summed E-state index contributed by atoms with van der Waals surface area (Å²) in [5.74, 6) is 1.56. The lowest BCUT2D eigenvalue weighted by Gasteiger charge is -2.30. The Morgan fingerprint density at radius 1 is 1.45 bits per heavy atom. The molecule has 3 rings (SSSR count). The zero-order chi connectivity index (χ0) is 15.5. The maximum absolute atomic E-state index is 6.04. The highest BCUT2D eigenvalue weighted by molar-refractivity contribution is 6.34. The minimum absolute atomic E-state index is 0.112. The van der Waals surface area contributed by atoms with Gasteiger partial charge in [-0.2, -0.15) is 4.98 Å². The van der Waals surface area contributed by atoms with E-state index in [1.807, 2.05) is 7.05 Å². The highest BCUT2D eigenvalue weighted by Gasteiger charge is 2.25. The fourth-order valence-corrected chi connectivity index (χ4v) is 2.62. The van der Waals surface area contributed by atoms with Crippen molar-refractivity contribution in [2.24, 2.45) is 0 Å². The second kappa shape index (κ2) is 6.83. The third kappa shape index (κ3) is 3.52. The third-order valence-electron chi connectivity index (χ3n) is 3.54. The molecule has 1 aromatic carbocycles. The first kappa shape index (κ1) is 15.6. The first-order valence-corrected chi connectivity index (χ1v) is 7.70. The number of ether oxygens (including phenoxy) is 1. The molecular weight excluding hydrogens is 327 g/mol. The van der Waals surface area contributed by atoms with E-state index in [1.165, 1.54) is 0 Å². The third-order valence-corrected chi connectivity index (χ3v) is 4.08. The van der Waals surface area contributed by atoms with Gasteiger partial charge < -0.3 is 14.6 Å². The minimum Gasteiger partial charge on any atom is -0.482 e. The molecule has 8 heteroatoms. The largest absolute Gasteiger partial charge is 0.482 e. The Labute approximate surface area is 138 Å². The molecule has 1 N–H and O–H groups in total. The van der Waals surface area contributed by atoms with Gasteiger partial charge >= 0.3 is 0 Å². The van der Waals surface area contributed by atoms with Crippen LogP contribution in [0.3, 0.4) is 0 Å². The first-order chi connectivity index (χ1) is 10.6. The predicted molar refractivity (Wildman–Crippen MR) is 83.3 cm³/mol. The second-order valence-corrected chi connectivity index (χ2v) is 5.95. The molecule has 1 aliphatic heterocycles. The van der Waals surface area contributed by atoms with Crippen LogP contribution in [-0.4, -0.2) is 41.7 Å². The summed E-state index contributed by atoms with van der Waals surface area (Å²) >= 11 is 12.0. The summed E-state index contributed by atoms with van der Waals surface area (Å²) in [5, 5.41) is 8.40. The highest BCUT2D eigenvalue weighted by atomic mass is 35.5. The van der Waals surface area contributed by atoms with Crippen molar-refractivity contribution in [1.29, 1.82) is 0 Å². The number of piperazine rings is 1. The second-order valence-electron chi connectivity index (χ2n) is 5.11. The van der Waals surface area contributed by atoms with Gasteiger partial charge in [-0.05, 0) is 19.2 Å². The molecule has 22 heavy (non-hydrogen) atoms. The normalized spacial score (nSPS) is 19.3. The van der Waals surface area contributed by atoms with E-state index in [0.717, 1.165) is 19.6 Å². The van der Waals surface area contributed by atoms with Crippen molar-refractivity contribution in [3.8, 4) is 5.75 Å². The number of aromatic nitrogens is 2. The Bertz CT molecular complexity index is 650. The molecule has 2 aromatic rings. The van der Waals surface area contributed by atoms with Gasteiger partial charge in [-0.25, -0.2) is 0 Å². The van der Waals surface area contributed by atoms with Crippen molar-refractivity contribution in [3.63, 3.8) is 0 Å². The van der Waals surface area contributed by atoms with Crippen molar-refractivity contribution in [3.05, 3.63) is 40.0 Å². The molecule has 0 spiro atoms. The van der Waals surface area contributed by atoms with E-state index in [0.29, 0.717) is 27.5 Å². The molecule has 1 unspecified atom stereocenters. The topological polar surface area (TPSA) is 63.4 Å². The molecule has 0 radical (unpaired) electrons. The molecule has 1 fully saturated rings. The van der Waals surface area contributed by atoms with E-state index in [9.17, 15) is 0 Å². The van der Waals surface area contributed by atoms with Gasteiger partial charge in [0, 0.05) is 30.7 Å². The average molecular weight is 343 g/mol. The van der Waals surface area contributed by atoms with Crippen LogP contribution in [0.5, 0.6) is 5.75 Å². The van der Waals surface area contributed by atoms with Gasteiger partial charge in [0.15, 0.2) is 12.4 Å². The summed E-state index contributed by atoms with van der Waals surface area (Å²) in [7, 11) is 2.05. The molecule has 1 aromatic heterocycles. The van der Waals surface area contributed by atoms with Gasteiger partial charge in [-0.15, -0.1) is 0 Å². The number of likely N-dealkylation sites (N-methyl/N-ethyl adjacent to an activating group) is 1. The van der Waals surface area contributed by atoms with Crippen LogP contribution in [0.1, 0.15) is 17.8 Å². The van der Waals surface area contributed by atoms with Crippen LogP contribution in [0.25, 0.3) is 0 Å². The summed E-state index contributed by atoms with van der Waals surface area (Å²) in [4.78, 5) is 6.59. The molecule has 6 nitrogen and oxygen atoms in total. The Morgan fingerprint density at radius 3 is 3.14 bits per heavy atom. The van der Waals surface area contributed by atoms with E-state index in [1.54, 1.807) is 18.2 Å². The van der Waals surface area contributed by atoms with E-state index >= 15 is 0 Å². The Morgan fingerprint density at radius 2 is 2.32 bits per heavy atom. The maximum atomic E-state index is 6.04. The van der Waals surface area contributed by atoms with E-state index < -0.39 is 0 Å². The molecule has 118 valence electrons. The monoisotopic (exact) mass is 342 g/mol. The number of nitrogens with zero attached hydrogens (tertiary/aromatic N) is 3. The van der Waals surface area contributed by atoms with Crippen molar-refractivity contribution in [1.82, 2.24) is 20.4 Å². The van der Waals surface area contributed by atoms with Gasteiger partial charge in [-0.1, -0.05) is 28.4 Å². The SMILES string of the molecule is CN1CCNCC1c1noc(COc2cc(Cl)ccc2Cl)n1. The number of hydrogen-bond acceptors (Lipinski definition) is 6. The molecule has 0 aliphatic carbocycles. The summed E-state index contributed by atoms with van der Waals surface area (Å²) in [5.41, 5.74) is 0. The van der Waals surface area contributed by atoms with Crippen molar-refractivity contribution in [2.45, 2.75) is 12.6 Å². The molecular formula is C14H16Cl2N4O2. The van der Waals surface area contributed by atoms with Crippen LogP contribution in [0.2, 0.25) is 10.0 Å². The first-order valence-electron chi connectivity index (χ1n) is 6.95. The fourth-order valence-electron chi connectivity index (χ4n) is 2.28. The van der Waals surface area contributed by atoms with Crippen LogP contribution >= 0.6 is 23.2 Å². The van der Waals surface area contributed by atoms with Crippen molar-refractivity contribution >= 4 is 23.2 Å². The van der Waals surface area contributed by atoms with Crippen LogP contribution in [-0.2, 0) is 6.61 Å². The van der Waals surface area contributed by atoms with Crippen LogP contribution in [0.15, 0.2) is 22.7 Å². The lowest BCUT2D eigenvalue weighted by molar-refractivity contribution is 0.189. The number of halogens is 2. The van der Waals surface area contributed by atoms with E-state index in [-0.39, 0.29) is 12.6 Å². The van der Waals surface area contributed by atoms with E-state index in [4.69, 9.17) is 32.5 Å². The molecule has 0 saturated carbocycles. The van der Waals surface area contributed by atoms with Gasteiger partial charge in [0.05, 0.1) is 11.1 Å². The maximum Gasteiger partial charge on any atom is 0.264 e. The molecule has 1 atom stereocenters. The van der Waals surface area contributed by atoms with Crippen LogP contribution in [0.4, 0.5) is 0 Å². The number of benzene rings is 1. The quantitative estimate of drug-likeness (QED) is 0.921. The zero-order valence-electron chi connectivity index (χ0n) is 12.1. The summed E-state index contributed by atoms with van der Waals surface area (Å²) in [6, 6.07) is 5.15. The molecule has 1 saturated heterocycles. The van der Waals surface area contributed by atoms with Gasteiger partial charge in [0.1, 0.15) is 5.75 Å². The number of rotatable bonds is 4. The van der Waals surface area contributed by atoms with Crippen LogP contribution in [0, 0.1) is 0 Å². The summed E-state index contributed by atoms with van der Waals surface area (Å²) in [6.45, 7) is 2.87. The molecule has 0 amide bonds. The number of hydrogen-bond donors (Lipinski definition) is 1. The molecule has 2 heterocycles. The van der Waals surface area contributed by atoms with Crippen LogP contribution < -0.4 is 10.1 Å². The fraction of sp³-hybridized carbons (Fsp3) is 0.429. The molecule has 0 bridgehead atoms. The average Bonchev–Trinajstić information content (AvgIpc) is 2.97. The minimum atomic E-state index is 0.112. The Hall–Kier alpha value is -1.34. The lowest BCUT2D eigenvalue weighted by atomic mass is 10.2. The van der Waals surface area contributed by atoms with Gasteiger partial charge in [-0.3, -0.25) is 4.90 Å². The zero-order valence-corrected chi connectivity index (χ0v) is 13.6. The number of nitrogens with one attached hydrogen (secondary N) is 1. The van der Waals surface area contributed by atoms with Crippen molar-refractivity contribution < 1.29 is 9.26 Å². The Balaban J connectivity index is 1.65. The molecule has 1 aliphatic rings.